The maximum atomic E-state index is 15.3. The molecule has 48 heavy (non-hydrogen) atoms. The number of anilines is 1. The molecule has 3 aliphatic carbocycles. The molecule has 3 aromatic rings. The molecule has 0 spiro atoms. The van der Waals surface area contributed by atoms with Crippen molar-refractivity contribution in [3.63, 3.8) is 0 Å². The van der Waals surface area contributed by atoms with Crippen LogP contribution < -0.4 is 9.64 Å². The van der Waals surface area contributed by atoms with Gasteiger partial charge in [-0.3, -0.25) is 14.5 Å². The smallest absolute Gasteiger partial charge is 0.265 e. The van der Waals surface area contributed by atoms with Crippen LogP contribution in [0.4, 0.5) is 5.69 Å². The highest BCUT2D eigenvalue weighted by atomic mass is 79.9. The minimum Gasteiger partial charge on any atom is -0.508 e. The number of carbonyl (C=O) groups excluding carboxylic acids is 2. The number of aliphatic hydroxyl groups is 1. The summed E-state index contributed by atoms with van der Waals surface area (Å²) in [5.41, 5.74) is 2.76. The van der Waals surface area contributed by atoms with Crippen molar-refractivity contribution in [3.05, 3.63) is 85.8 Å². The number of Topliss-reactive ketones (excluding diaryl/α,β-unsaturated/α-hetero) is 2. The number of aryl methyl sites for hydroxylation is 1. The largest absolute Gasteiger partial charge is 0.508 e. The van der Waals surface area contributed by atoms with E-state index in [9.17, 15) is 9.90 Å². The SMILES string of the molecule is Cc1cc(Br)c(N(C)C)c2c1C(=O)C1=C(O)[C@]3(O[Si](C)(C)C(C)(C)C)C(=O)c4c(OCc5ccccc5)noc4[C@@H](N(C)C)[C@@H]3C[C@@H]1C2. The Labute approximate surface area is 292 Å². The maximum Gasteiger partial charge on any atom is 0.265 e. The number of benzene rings is 2. The Morgan fingerprint density at radius 2 is 1.77 bits per heavy atom. The number of ether oxygens (including phenoxy) is 1. The van der Waals surface area contributed by atoms with Crippen molar-refractivity contribution in [2.45, 2.75) is 76.9 Å². The molecule has 11 heteroatoms. The second-order valence-electron chi connectivity index (χ2n) is 15.4. The van der Waals surface area contributed by atoms with Crippen LogP contribution >= 0.6 is 15.9 Å². The molecule has 0 saturated carbocycles. The van der Waals surface area contributed by atoms with Gasteiger partial charge in [0, 0.05) is 35.6 Å². The van der Waals surface area contributed by atoms with Crippen molar-refractivity contribution in [3.8, 4) is 5.88 Å². The normalized spacial score (nSPS) is 23.9. The molecular weight excluding hydrogens is 690 g/mol. The van der Waals surface area contributed by atoms with Gasteiger partial charge in [0.05, 0.1) is 11.7 Å². The Hall–Kier alpha value is -3.25. The third-order valence-electron chi connectivity index (χ3n) is 10.9. The summed E-state index contributed by atoms with van der Waals surface area (Å²) in [6.45, 7) is 12.5. The second-order valence-corrected chi connectivity index (χ2v) is 21.0. The van der Waals surface area contributed by atoms with Crippen molar-refractivity contribution >= 4 is 41.5 Å². The monoisotopic (exact) mass is 735 g/mol. The lowest BCUT2D eigenvalue weighted by molar-refractivity contribution is -0.0480. The van der Waals surface area contributed by atoms with Gasteiger partial charge in [-0.05, 0) is 102 Å². The first-order chi connectivity index (χ1) is 22.4. The van der Waals surface area contributed by atoms with E-state index < -0.39 is 31.7 Å². The van der Waals surface area contributed by atoms with Gasteiger partial charge in [0.25, 0.3) is 5.88 Å². The number of nitrogens with zero attached hydrogens (tertiary/aromatic N) is 3. The van der Waals surface area contributed by atoms with Crippen LogP contribution in [0.15, 0.2) is 56.7 Å². The highest BCUT2D eigenvalue weighted by Crippen LogP contribution is 2.60. The van der Waals surface area contributed by atoms with Crippen LogP contribution in [-0.2, 0) is 17.5 Å². The van der Waals surface area contributed by atoms with E-state index in [1.54, 1.807) is 0 Å². The minimum absolute atomic E-state index is 0.0546. The Morgan fingerprint density at radius 3 is 2.38 bits per heavy atom. The minimum atomic E-state index is -2.79. The number of rotatable bonds is 7. The number of aromatic nitrogens is 1. The van der Waals surface area contributed by atoms with Crippen LogP contribution in [0.2, 0.25) is 18.1 Å². The predicted molar refractivity (Wildman–Crippen MR) is 192 cm³/mol. The van der Waals surface area contributed by atoms with Crippen molar-refractivity contribution in [2.24, 2.45) is 11.8 Å². The molecule has 1 aromatic heterocycles. The third kappa shape index (κ3) is 5.20. The van der Waals surface area contributed by atoms with Crippen LogP contribution in [-0.4, -0.2) is 68.8 Å². The number of ketones is 2. The van der Waals surface area contributed by atoms with Crippen LogP contribution in [0.3, 0.4) is 0 Å². The van der Waals surface area contributed by atoms with Gasteiger partial charge in [0.15, 0.2) is 25.5 Å². The van der Waals surface area contributed by atoms with E-state index >= 15 is 4.79 Å². The summed E-state index contributed by atoms with van der Waals surface area (Å²) in [7, 11) is 5.00. The number of halogens is 1. The zero-order valence-electron chi connectivity index (χ0n) is 29.5. The summed E-state index contributed by atoms with van der Waals surface area (Å²) in [6.07, 6.45) is 0.955. The van der Waals surface area contributed by atoms with E-state index in [4.69, 9.17) is 13.7 Å². The van der Waals surface area contributed by atoms with E-state index in [1.807, 2.05) is 81.3 Å². The molecule has 0 amide bonds. The van der Waals surface area contributed by atoms with E-state index in [0.29, 0.717) is 24.2 Å². The van der Waals surface area contributed by atoms with E-state index in [-0.39, 0.29) is 46.1 Å². The zero-order chi connectivity index (χ0) is 35.1. The lowest BCUT2D eigenvalue weighted by Crippen LogP contribution is -2.65. The van der Waals surface area contributed by atoms with Crippen molar-refractivity contribution in [1.82, 2.24) is 10.1 Å². The molecule has 1 heterocycles. The molecule has 0 radical (unpaired) electrons. The van der Waals surface area contributed by atoms with Gasteiger partial charge in [0.2, 0.25) is 5.78 Å². The molecule has 1 N–H and O–H groups in total. The first-order valence-corrected chi connectivity index (χ1v) is 20.2. The van der Waals surface area contributed by atoms with Crippen LogP contribution in [0, 0.1) is 18.8 Å². The third-order valence-corrected chi connectivity index (χ3v) is 15.9. The molecule has 0 aliphatic heterocycles. The molecule has 0 unspecified atom stereocenters. The Kier molecular flexibility index (Phi) is 8.62. The summed E-state index contributed by atoms with van der Waals surface area (Å²) in [5, 5.41) is 16.7. The van der Waals surface area contributed by atoms with Gasteiger partial charge >= 0.3 is 0 Å². The molecule has 256 valence electrons. The zero-order valence-corrected chi connectivity index (χ0v) is 32.1. The lowest BCUT2D eigenvalue weighted by Gasteiger charge is -2.55. The highest BCUT2D eigenvalue weighted by Gasteiger charge is 2.67. The summed E-state index contributed by atoms with van der Waals surface area (Å²) in [5.74, 6) is -1.48. The predicted octanol–water partition coefficient (Wildman–Crippen LogP) is 7.84. The number of carbonyl (C=O) groups is 2. The fraction of sp³-hybridized carbons (Fsp3) is 0.486. The van der Waals surface area contributed by atoms with Gasteiger partial charge in [-0.25, -0.2) is 0 Å². The Morgan fingerprint density at radius 1 is 1.10 bits per heavy atom. The Balaban J connectivity index is 1.60. The second kappa shape index (κ2) is 12.0. The summed E-state index contributed by atoms with van der Waals surface area (Å²) < 4.78 is 20.3. The molecule has 6 rings (SSSR count). The molecule has 4 atom stereocenters. The summed E-state index contributed by atoms with van der Waals surface area (Å²) in [4.78, 5) is 34.0. The molecule has 3 aliphatic rings. The average molecular weight is 737 g/mol. The first kappa shape index (κ1) is 34.6. The van der Waals surface area contributed by atoms with Crippen molar-refractivity contribution in [1.29, 1.82) is 0 Å². The van der Waals surface area contributed by atoms with Crippen LogP contribution in [0.5, 0.6) is 5.88 Å². The molecule has 0 fully saturated rings. The molecule has 0 saturated heterocycles. The van der Waals surface area contributed by atoms with Crippen LogP contribution in [0.1, 0.15) is 76.4 Å². The van der Waals surface area contributed by atoms with E-state index in [0.717, 1.165) is 26.9 Å². The number of allylic oxidation sites excluding steroid dienone is 1. The lowest BCUT2D eigenvalue weighted by atomic mass is 9.58. The molecular formula is C37H46BrN3O6Si. The standard InChI is InChI=1S/C37H46BrN3O6Si/c1-20-16-25(38)29(40(5)6)23-17-22-18-24-30(41(7)8)32-28(35(39-46-32)45-19-21-14-12-11-13-15-21)34(44)37(24,47-48(9,10)36(2,3)4)33(43)27(22)31(42)26(20)23/h11-16,22,24,30,43H,17-19H2,1-10H3/t22-,24-,30-,37-/m0/s1. The van der Waals surface area contributed by atoms with Gasteiger partial charge < -0.3 is 23.7 Å². The Bertz CT molecular complexity index is 1830. The van der Waals surface area contributed by atoms with Gasteiger partial charge in [-0.1, -0.05) is 51.1 Å². The fourth-order valence-electron chi connectivity index (χ4n) is 7.69. The van der Waals surface area contributed by atoms with Gasteiger partial charge in [-0.2, -0.15) is 0 Å². The first-order valence-electron chi connectivity index (χ1n) is 16.5. The maximum absolute atomic E-state index is 15.3. The average Bonchev–Trinajstić information content (AvgIpc) is 3.40. The quantitative estimate of drug-likeness (QED) is 0.243. The van der Waals surface area contributed by atoms with Gasteiger partial charge in [0.1, 0.15) is 17.9 Å². The fourth-order valence-corrected chi connectivity index (χ4v) is 10.1. The number of hydrogen-bond acceptors (Lipinski definition) is 9. The van der Waals surface area contributed by atoms with E-state index in [2.05, 4.69) is 55.0 Å². The molecule has 2 aromatic carbocycles. The number of fused-ring (bicyclic) bond motifs is 4. The summed E-state index contributed by atoms with van der Waals surface area (Å²) >= 11 is 3.73. The number of hydrogen-bond donors (Lipinski definition) is 1. The van der Waals surface area contributed by atoms with Crippen LogP contribution in [0.25, 0.3) is 0 Å². The topological polar surface area (TPSA) is 105 Å². The number of aliphatic hydroxyl groups excluding tert-OH is 1. The van der Waals surface area contributed by atoms with E-state index in [1.165, 1.54) is 0 Å². The van der Waals surface area contributed by atoms with Crippen molar-refractivity contribution < 1.29 is 28.4 Å². The molecule has 0 bridgehead atoms. The summed E-state index contributed by atoms with van der Waals surface area (Å²) in [6, 6.07) is 11.1. The van der Waals surface area contributed by atoms with Crippen molar-refractivity contribution in [2.75, 3.05) is 33.1 Å². The molecule has 9 nitrogen and oxygen atoms in total. The van der Waals surface area contributed by atoms with Gasteiger partial charge in [-0.15, -0.1) is 0 Å². The highest BCUT2D eigenvalue weighted by molar-refractivity contribution is 9.10.